The number of nitriles is 1. The molecule has 0 aliphatic carbocycles. The summed E-state index contributed by atoms with van der Waals surface area (Å²) < 4.78 is 17.6. The van der Waals surface area contributed by atoms with Crippen molar-refractivity contribution in [3.8, 4) is 6.07 Å². The van der Waals surface area contributed by atoms with Crippen molar-refractivity contribution >= 4 is 5.97 Å². The molecule has 90 valence electrons. The standard InChI is InChI=1S/C11H10FNO4/c1-17-11(16)10(15)9(14)7-4-6(5-13)2-3-8(7)12/h2-4,9-10,14-15H,1H3. The lowest BCUT2D eigenvalue weighted by Crippen LogP contribution is -2.29. The molecular weight excluding hydrogens is 229 g/mol. The smallest absolute Gasteiger partial charge is 0.337 e. The molecule has 1 aromatic carbocycles. The third-order valence-electron chi connectivity index (χ3n) is 2.19. The van der Waals surface area contributed by atoms with Crippen LogP contribution in [0.3, 0.4) is 0 Å². The van der Waals surface area contributed by atoms with Crippen LogP contribution in [0.5, 0.6) is 0 Å². The predicted octanol–water partition coefficient (Wildman–Crippen LogP) is 0.265. The van der Waals surface area contributed by atoms with Gasteiger partial charge in [-0.1, -0.05) is 0 Å². The van der Waals surface area contributed by atoms with Crippen molar-refractivity contribution in [1.82, 2.24) is 0 Å². The molecular formula is C11H10FNO4. The van der Waals surface area contributed by atoms with Crippen LogP contribution < -0.4 is 0 Å². The number of esters is 1. The zero-order chi connectivity index (χ0) is 13.0. The number of methoxy groups -OCH3 is 1. The number of aliphatic hydroxyl groups is 2. The Labute approximate surface area is 96.7 Å². The lowest BCUT2D eigenvalue weighted by molar-refractivity contribution is -0.156. The molecule has 0 aliphatic heterocycles. The Morgan fingerprint density at radius 2 is 2.18 bits per heavy atom. The third-order valence-corrected chi connectivity index (χ3v) is 2.19. The maximum Gasteiger partial charge on any atom is 0.337 e. The largest absolute Gasteiger partial charge is 0.467 e. The van der Waals surface area contributed by atoms with Gasteiger partial charge in [-0.2, -0.15) is 5.26 Å². The molecule has 0 spiro atoms. The van der Waals surface area contributed by atoms with Gasteiger partial charge in [-0.15, -0.1) is 0 Å². The van der Waals surface area contributed by atoms with Crippen molar-refractivity contribution in [3.05, 3.63) is 35.1 Å². The van der Waals surface area contributed by atoms with Crippen molar-refractivity contribution in [2.75, 3.05) is 7.11 Å². The highest BCUT2D eigenvalue weighted by Gasteiger charge is 2.28. The van der Waals surface area contributed by atoms with Crippen molar-refractivity contribution in [3.63, 3.8) is 0 Å². The fourth-order valence-electron chi connectivity index (χ4n) is 1.26. The van der Waals surface area contributed by atoms with Crippen LogP contribution in [0, 0.1) is 17.1 Å². The van der Waals surface area contributed by atoms with Gasteiger partial charge in [0.2, 0.25) is 0 Å². The summed E-state index contributed by atoms with van der Waals surface area (Å²) in [6.07, 6.45) is -3.68. The number of rotatable bonds is 3. The molecule has 0 amide bonds. The molecule has 0 aromatic heterocycles. The number of halogens is 1. The Bertz CT molecular complexity index is 469. The molecule has 0 fully saturated rings. The average Bonchev–Trinajstić information content (AvgIpc) is 2.36. The summed E-state index contributed by atoms with van der Waals surface area (Å²) in [5.41, 5.74) is -0.223. The first-order chi connectivity index (χ1) is 8.01. The molecule has 2 unspecified atom stereocenters. The number of carbonyl (C=O) groups is 1. The lowest BCUT2D eigenvalue weighted by Gasteiger charge is -2.16. The van der Waals surface area contributed by atoms with Crippen molar-refractivity contribution in [2.45, 2.75) is 12.2 Å². The second-order valence-corrected chi connectivity index (χ2v) is 3.26. The van der Waals surface area contributed by atoms with E-state index in [-0.39, 0.29) is 11.1 Å². The van der Waals surface area contributed by atoms with Gasteiger partial charge >= 0.3 is 5.97 Å². The van der Waals surface area contributed by atoms with Gasteiger partial charge in [-0.3, -0.25) is 0 Å². The van der Waals surface area contributed by atoms with Crippen LogP contribution in [-0.4, -0.2) is 29.4 Å². The van der Waals surface area contributed by atoms with Crippen LogP contribution in [0.4, 0.5) is 4.39 Å². The Morgan fingerprint density at radius 3 is 2.71 bits per heavy atom. The van der Waals surface area contributed by atoms with E-state index in [1.165, 1.54) is 6.07 Å². The summed E-state index contributed by atoms with van der Waals surface area (Å²) in [5, 5.41) is 27.6. The zero-order valence-corrected chi connectivity index (χ0v) is 8.92. The molecule has 0 heterocycles. The summed E-state index contributed by atoms with van der Waals surface area (Å²) in [7, 11) is 1.03. The number of hydrogen-bond acceptors (Lipinski definition) is 5. The zero-order valence-electron chi connectivity index (χ0n) is 8.92. The second kappa shape index (κ2) is 5.39. The minimum Gasteiger partial charge on any atom is -0.467 e. The van der Waals surface area contributed by atoms with Crippen LogP contribution in [0.1, 0.15) is 17.2 Å². The first-order valence-electron chi connectivity index (χ1n) is 4.64. The molecule has 0 saturated carbocycles. The Morgan fingerprint density at radius 1 is 1.53 bits per heavy atom. The predicted molar refractivity (Wildman–Crippen MR) is 54.1 cm³/mol. The van der Waals surface area contributed by atoms with Crippen molar-refractivity contribution < 1.29 is 24.1 Å². The van der Waals surface area contributed by atoms with E-state index >= 15 is 0 Å². The Hall–Kier alpha value is -1.97. The number of ether oxygens (including phenoxy) is 1. The van der Waals surface area contributed by atoms with E-state index in [9.17, 15) is 19.4 Å². The molecule has 6 heteroatoms. The first kappa shape index (κ1) is 13.1. The third kappa shape index (κ3) is 2.78. The van der Waals surface area contributed by atoms with Gasteiger partial charge in [0.15, 0.2) is 6.10 Å². The minimum absolute atomic E-state index is 0.109. The number of nitrogens with zero attached hydrogens (tertiary/aromatic N) is 1. The summed E-state index contributed by atoms with van der Waals surface area (Å²) >= 11 is 0. The summed E-state index contributed by atoms with van der Waals surface area (Å²) in [5.74, 6) is -1.90. The summed E-state index contributed by atoms with van der Waals surface area (Å²) in [6, 6.07) is 5.01. The fourth-order valence-corrected chi connectivity index (χ4v) is 1.26. The molecule has 2 atom stereocenters. The second-order valence-electron chi connectivity index (χ2n) is 3.26. The van der Waals surface area contributed by atoms with E-state index in [0.29, 0.717) is 0 Å². The SMILES string of the molecule is COC(=O)C(O)C(O)c1cc(C#N)ccc1F. The highest BCUT2D eigenvalue weighted by molar-refractivity contribution is 5.75. The monoisotopic (exact) mass is 239 g/mol. The van der Waals surface area contributed by atoms with Crippen LogP contribution in [0.25, 0.3) is 0 Å². The van der Waals surface area contributed by atoms with Crippen molar-refractivity contribution in [2.24, 2.45) is 0 Å². The maximum absolute atomic E-state index is 13.4. The molecule has 1 aromatic rings. The van der Waals surface area contributed by atoms with Crippen LogP contribution >= 0.6 is 0 Å². The highest BCUT2D eigenvalue weighted by Crippen LogP contribution is 2.22. The van der Waals surface area contributed by atoms with E-state index in [2.05, 4.69) is 4.74 Å². The van der Waals surface area contributed by atoms with Crippen LogP contribution in [0.15, 0.2) is 18.2 Å². The van der Waals surface area contributed by atoms with Gasteiger partial charge in [-0.25, -0.2) is 9.18 Å². The minimum atomic E-state index is -1.90. The van der Waals surface area contributed by atoms with Gasteiger partial charge in [-0.05, 0) is 18.2 Å². The van der Waals surface area contributed by atoms with Crippen LogP contribution in [0.2, 0.25) is 0 Å². The summed E-state index contributed by atoms with van der Waals surface area (Å²) in [4.78, 5) is 11.0. The highest BCUT2D eigenvalue weighted by atomic mass is 19.1. The molecule has 0 radical (unpaired) electrons. The number of benzene rings is 1. The van der Waals surface area contributed by atoms with Crippen molar-refractivity contribution in [1.29, 1.82) is 5.26 Å². The van der Waals surface area contributed by atoms with Gasteiger partial charge in [0, 0.05) is 5.56 Å². The van der Waals surface area contributed by atoms with E-state index in [4.69, 9.17) is 5.26 Å². The van der Waals surface area contributed by atoms with Gasteiger partial charge < -0.3 is 14.9 Å². The molecule has 2 N–H and O–H groups in total. The molecule has 0 bridgehead atoms. The van der Waals surface area contributed by atoms with E-state index in [1.54, 1.807) is 6.07 Å². The molecule has 17 heavy (non-hydrogen) atoms. The maximum atomic E-state index is 13.4. The molecule has 1 rings (SSSR count). The van der Waals surface area contributed by atoms with Gasteiger partial charge in [0.25, 0.3) is 0 Å². The topological polar surface area (TPSA) is 90.6 Å². The Balaban J connectivity index is 3.07. The molecule has 0 aliphatic rings. The van der Waals surface area contributed by atoms with E-state index < -0.39 is 24.0 Å². The molecule has 0 saturated heterocycles. The Kier molecular flexibility index (Phi) is 4.15. The van der Waals surface area contributed by atoms with Crippen LogP contribution in [-0.2, 0) is 9.53 Å². The summed E-state index contributed by atoms with van der Waals surface area (Å²) in [6.45, 7) is 0. The fraction of sp³-hybridized carbons (Fsp3) is 0.273. The molecule has 5 nitrogen and oxygen atoms in total. The lowest BCUT2D eigenvalue weighted by atomic mass is 10.0. The van der Waals surface area contributed by atoms with E-state index in [1.807, 2.05) is 0 Å². The van der Waals surface area contributed by atoms with Gasteiger partial charge in [0.05, 0.1) is 18.7 Å². The average molecular weight is 239 g/mol. The number of aliphatic hydroxyl groups excluding tert-OH is 2. The van der Waals surface area contributed by atoms with Gasteiger partial charge in [0.1, 0.15) is 11.9 Å². The normalized spacial score (nSPS) is 13.6. The number of carbonyl (C=O) groups excluding carboxylic acids is 1. The van der Waals surface area contributed by atoms with E-state index in [0.717, 1.165) is 19.2 Å². The number of hydrogen-bond donors (Lipinski definition) is 2. The quantitative estimate of drug-likeness (QED) is 0.738. The first-order valence-corrected chi connectivity index (χ1v) is 4.64.